The number of likely N-dealkylation sites (N-methyl/N-ethyl adjacent to an activating group) is 1. The number of H-pyrrole nitrogens is 2. The topological polar surface area (TPSA) is 98.1 Å². The van der Waals surface area contributed by atoms with Gasteiger partial charge in [0.25, 0.3) is 0 Å². The molecule has 0 saturated heterocycles. The van der Waals surface area contributed by atoms with E-state index >= 15 is 0 Å². The minimum absolute atomic E-state index is 0.347. The number of rotatable bonds is 6. The number of benzene rings is 2. The lowest BCUT2D eigenvalue weighted by Crippen LogP contribution is -2.32. The lowest BCUT2D eigenvalue weighted by molar-refractivity contribution is -0.138. The van der Waals surface area contributed by atoms with Gasteiger partial charge in [-0.15, -0.1) is 0 Å². The number of carboxylic acid groups (broad SMARTS) is 1. The van der Waals surface area contributed by atoms with Gasteiger partial charge in [-0.3, -0.25) is 4.79 Å². The maximum absolute atomic E-state index is 10.6. The summed E-state index contributed by atoms with van der Waals surface area (Å²) >= 11 is 0. The Morgan fingerprint density at radius 1 is 0.966 bits per heavy atom. The molecule has 2 aromatic heterocycles. The minimum atomic E-state index is -0.972. The smallest absolute Gasteiger partial charge is 0.320 e. The van der Waals surface area contributed by atoms with Crippen molar-refractivity contribution >= 4 is 27.8 Å². The van der Waals surface area contributed by atoms with Crippen LogP contribution in [-0.2, 0) is 17.6 Å². The van der Waals surface area contributed by atoms with Gasteiger partial charge < -0.3 is 25.7 Å². The molecule has 152 valence electrons. The average molecular weight is 393 g/mol. The number of hydrogen-bond acceptors (Lipinski definition) is 3. The van der Waals surface area contributed by atoms with Gasteiger partial charge in [0.2, 0.25) is 0 Å². The monoisotopic (exact) mass is 392 g/mol. The van der Waals surface area contributed by atoms with Crippen LogP contribution in [0.25, 0.3) is 21.8 Å². The molecule has 5 N–H and O–H groups in total. The van der Waals surface area contributed by atoms with Crippen LogP contribution in [0.3, 0.4) is 0 Å². The molecule has 2 heterocycles. The highest BCUT2D eigenvalue weighted by atomic mass is 16.4. The molecule has 0 bridgehead atoms. The van der Waals surface area contributed by atoms with Crippen LogP contribution < -0.4 is 5.73 Å². The van der Waals surface area contributed by atoms with Crippen LogP contribution in [0.4, 0.5) is 0 Å². The predicted molar refractivity (Wildman–Crippen MR) is 118 cm³/mol. The van der Waals surface area contributed by atoms with Gasteiger partial charge in [0.05, 0.1) is 0 Å². The molecule has 0 fully saturated rings. The summed E-state index contributed by atoms with van der Waals surface area (Å²) in [5.74, 6) is -0.972. The largest absolute Gasteiger partial charge is 0.480 e. The van der Waals surface area contributed by atoms with Crippen LogP contribution in [0.15, 0.2) is 60.9 Å². The van der Waals surface area contributed by atoms with Crippen molar-refractivity contribution in [2.24, 2.45) is 5.73 Å². The SMILES string of the molecule is CN(C)CCc1c[nH]c2ccccc12.NC(Cc1c[nH]c2ccccc12)C(=O)O. The molecule has 0 amide bonds. The number of aliphatic carboxylic acids is 1. The molecule has 1 atom stereocenters. The maximum atomic E-state index is 10.6. The first-order valence-electron chi connectivity index (χ1n) is 9.69. The molecule has 29 heavy (non-hydrogen) atoms. The number of nitrogens with two attached hydrogens (primary N) is 1. The molecular formula is C23H28N4O2. The second-order valence-electron chi connectivity index (χ2n) is 7.42. The van der Waals surface area contributed by atoms with Crippen molar-refractivity contribution < 1.29 is 9.90 Å². The lowest BCUT2D eigenvalue weighted by Gasteiger charge is -2.07. The first-order chi connectivity index (χ1) is 14.0. The van der Waals surface area contributed by atoms with E-state index in [0.29, 0.717) is 6.42 Å². The van der Waals surface area contributed by atoms with Gasteiger partial charge in [0, 0.05) is 47.2 Å². The molecule has 0 saturated carbocycles. The standard InChI is InChI=1S/C12H16N2.C11H12N2O2/c1-14(2)8-7-10-9-13-12-6-4-3-5-11(10)12;12-9(11(14)15)5-7-6-13-10-4-2-1-3-8(7)10/h3-6,9,13H,7-8H2,1-2H3;1-4,6,9,13H,5,12H2,(H,14,15). The average Bonchev–Trinajstić information content (AvgIpc) is 3.31. The Bertz CT molecular complexity index is 1080. The summed E-state index contributed by atoms with van der Waals surface area (Å²) in [4.78, 5) is 19.2. The quantitative estimate of drug-likeness (QED) is 0.404. The van der Waals surface area contributed by atoms with Gasteiger partial charge in [-0.2, -0.15) is 0 Å². The Hall–Kier alpha value is -3.09. The van der Waals surface area contributed by atoms with Crippen LogP contribution in [0.5, 0.6) is 0 Å². The van der Waals surface area contributed by atoms with Gasteiger partial charge in [0.1, 0.15) is 6.04 Å². The molecule has 6 heteroatoms. The summed E-state index contributed by atoms with van der Waals surface area (Å²) in [6, 6.07) is 15.4. The van der Waals surface area contributed by atoms with Gasteiger partial charge in [-0.1, -0.05) is 36.4 Å². The number of carboxylic acids is 1. The Labute approximate surface area is 170 Å². The Kier molecular flexibility index (Phi) is 6.69. The van der Waals surface area contributed by atoms with E-state index in [0.717, 1.165) is 29.4 Å². The van der Waals surface area contributed by atoms with Gasteiger partial charge in [-0.05, 0) is 43.8 Å². The number of fused-ring (bicyclic) bond motifs is 2. The Morgan fingerprint density at radius 3 is 2.03 bits per heavy atom. The van der Waals surface area contributed by atoms with Gasteiger partial charge in [-0.25, -0.2) is 0 Å². The fourth-order valence-electron chi connectivity index (χ4n) is 3.31. The third kappa shape index (κ3) is 5.25. The van der Waals surface area contributed by atoms with E-state index in [9.17, 15) is 4.79 Å². The molecule has 0 aliphatic carbocycles. The molecule has 0 spiro atoms. The van der Waals surface area contributed by atoms with Gasteiger partial charge >= 0.3 is 5.97 Å². The molecule has 4 rings (SSSR count). The van der Waals surface area contributed by atoms with Crippen molar-refractivity contribution in [3.05, 3.63) is 72.1 Å². The zero-order chi connectivity index (χ0) is 20.8. The first kappa shape index (κ1) is 20.6. The van der Waals surface area contributed by atoms with Gasteiger partial charge in [0.15, 0.2) is 0 Å². The summed E-state index contributed by atoms with van der Waals surface area (Å²) < 4.78 is 0. The molecule has 0 aliphatic heterocycles. The molecule has 6 nitrogen and oxygen atoms in total. The summed E-state index contributed by atoms with van der Waals surface area (Å²) in [5, 5.41) is 11.1. The minimum Gasteiger partial charge on any atom is -0.480 e. The molecule has 0 radical (unpaired) electrons. The number of aromatic amines is 2. The van der Waals surface area contributed by atoms with E-state index in [1.54, 1.807) is 0 Å². The second kappa shape index (κ2) is 9.41. The Morgan fingerprint density at radius 2 is 1.48 bits per heavy atom. The molecule has 1 unspecified atom stereocenters. The Balaban J connectivity index is 0.000000166. The maximum Gasteiger partial charge on any atom is 0.320 e. The van der Waals surface area contributed by atoms with Crippen LogP contribution in [0.1, 0.15) is 11.1 Å². The van der Waals surface area contributed by atoms with Crippen LogP contribution in [-0.4, -0.2) is 52.6 Å². The summed E-state index contributed by atoms with van der Waals surface area (Å²) in [7, 11) is 4.21. The van der Waals surface area contributed by atoms with Crippen molar-refractivity contribution in [2.75, 3.05) is 20.6 Å². The summed E-state index contributed by atoms with van der Waals surface area (Å²) in [5.41, 5.74) is 10.1. The molecular weight excluding hydrogens is 364 g/mol. The van der Waals surface area contributed by atoms with Crippen LogP contribution in [0.2, 0.25) is 0 Å². The van der Waals surface area contributed by atoms with E-state index in [4.69, 9.17) is 10.8 Å². The van der Waals surface area contributed by atoms with Crippen LogP contribution in [0, 0.1) is 0 Å². The van der Waals surface area contributed by atoms with Crippen molar-refractivity contribution in [3.63, 3.8) is 0 Å². The second-order valence-corrected chi connectivity index (χ2v) is 7.42. The number of nitrogens with one attached hydrogen (secondary N) is 2. The third-order valence-corrected chi connectivity index (χ3v) is 4.94. The lowest BCUT2D eigenvalue weighted by atomic mass is 10.1. The third-order valence-electron chi connectivity index (χ3n) is 4.94. The van der Waals surface area contributed by atoms with Crippen LogP contribution >= 0.6 is 0 Å². The summed E-state index contributed by atoms with van der Waals surface area (Å²) in [6.07, 6.45) is 5.39. The fourth-order valence-corrected chi connectivity index (χ4v) is 3.31. The normalized spacial score (nSPS) is 12.1. The highest BCUT2D eigenvalue weighted by molar-refractivity contribution is 5.84. The number of aromatic nitrogens is 2. The van der Waals surface area contributed by atoms with Crippen molar-refractivity contribution in [3.8, 4) is 0 Å². The predicted octanol–water partition coefficient (Wildman–Crippen LogP) is 3.39. The van der Waals surface area contributed by atoms with E-state index in [-0.39, 0.29) is 0 Å². The van der Waals surface area contributed by atoms with Crippen molar-refractivity contribution in [1.29, 1.82) is 0 Å². The van der Waals surface area contributed by atoms with E-state index in [1.807, 2.05) is 30.5 Å². The highest BCUT2D eigenvalue weighted by Gasteiger charge is 2.14. The summed E-state index contributed by atoms with van der Waals surface area (Å²) in [6.45, 7) is 1.10. The zero-order valence-electron chi connectivity index (χ0n) is 16.9. The molecule has 2 aromatic carbocycles. The number of para-hydroxylation sites is 2. The molecule has 4 aromatic rings. The molecule has 0 aliphatic rings. The highest BCUT2D eigenvalue weighted by Crippen LogP contribution is 2.19. The van der Waals surface area contributed by atoms with E-state index in [1.165, 1.54) is 16.5 Å². The number of carbonyl (C=O) groups is 1. The van der Waals surface area contributed by atoms with Crippen molar-refractivity contribution in [1.82, 2.24) is 14.9 Å². The fraction of sp³-hybridized carbons (Fsp3) is 0.261. The van der Waals surface area contributed by atoms with E-state index < -0.39 is 12.0 Å². The zero-order valence-corrected chi connectivity index (χ0v) is 16.9. The first-order valence-corrected chi connectivity index (χ1v) is 9.69. The number of nitrogens with zero attached hydrogens (tertiary/aromatic N) is 1. The number of hydrogen-bond donors (Lipinski definition) is 4. The van der Waals surface area contributed by atoms with Crippen molar-refractivity contribution in [2.45, 2.75) is 18.9 Å². The van der Waals surface area contributed by atoms with E-state index in [2.05, 4.69) is 59.4 Å².